The van der Waals surface area contributed by atoms with E-state index in [1.165, 1.54) is 0 Å². The van der Waals surface area contributed by atoms with Gasteiger partial charge in [0, 0.05) is 31.9 Å². The van der Waals surface area contributed by atoms with Crippen LogP contribution in [0.15, 0.2) is 12.4 Å². The first-order valence-corrected chi connectivity index (χ1v) is 6.14. The van der Waals surface area contributed by atoms with Crippen molar-refractivity contribution in [2.75, 3.05) is 26.9 Å². The molecule has 5 heteroatoms. The van der Waals surface area contributed by atoms with Gasteiger partial charge in [0.05, 0.1) is 25.9 Å². The first-order valence-electron chi connectivity index (χ1n) is 6.14. The van der Waals surface area contributed by atoms with Gasteiger partial charge in [-0.3, -0.25) is 0 Å². The van der Waals surface area contributed by atoms with Crippen LogP contribution in [0.25, 0.3) is 0 Å². The van der Waals surface area contributed by atoms with Crippen molar-refractivity contribution >= 4 is 0 Å². The van der Waals surface area contributed by atoms with Crippen molar-refractivity contribution in [1.29, 1.82) is 0 Å². The summed E-state index contributed by atoms with van der Waals surface area (Å²) in [6.45, 7) is 2.10. The van der Waals surface area contributed by atoms with Gasteiger partial charge in [-0.05, 0) is 13.5 Å². The van der Waals surface area contributed by atoms with E-state index >= 15 is 0 Å². The van der Waals surface area contributed by atoms with Crippen LogP contribution < -0.4 is 5.32 Å². The molecule has 2 heterocycles. The Morgan fingerprint density at radius 1 is 1.59 bits per heavy atom. The van der Waals surface area contributed by atoms with Crippen LogP contribution in [0.2, 0.25) is 0 Å². The molecule has 2 unspecified atom stereocenters. The van der Waals surface area contributed by atoms with Gasteiger partial charge in [-0.15, -0.1) is 0 Å². The van der Waals surface area contributed by atoms with Crippen LogP contribution in [0.5, 0.6) is 0 Å². The highest BCUT2D eigenvalue weighted by Gasteiger charge is 2.23. The average Bonchev–Trinajstić information content (AvgIpc) is 2.77. The summed E-state index contributed by atoms with van der Waals surface area (Å²) in [6, 6.07) is 0.326. The zero-order chi connectivity index (χ0) is 12.1. The fourth-order valence-electron chi connectivity index (χ4n) is 2.18. The molecule has 1 aliphatic heterocycles. The van der Waals surface area contributed by atoms with Crippen molar-refractivity contribution in [1.82, 2.24) is 14.9 Å². The third-order valence-corrected chi connectivity index (χ3v) is 3.26. The van der Waals surface area contributed by atoms with Crippen LogP contribution in [0.1, 0.15) is 12.2 Å². The molecule has 0 bridgehead atoms. The lowest BCUT2D eigenvalue weighted by Crippen LogP contribution is -2.45. The fourth-order valence-corrected chi connectivity index (χ4v) is 2.18. The van der Waals surface area contributed by atoms with Gasteiger partial charge < -0.3 is 19.4 Å². The predicted molar refractivity (Wildman–Crippen MR) is 64.9 cm³/mol. The molecule has 0 radical (unpaired) electrons. The van der Waals surface area contributed by atoms with E-state index < -0.39 is 0 Å². The summed E-state index contributed by atoms with van der Waals surface area (Å²) < 4.78 is 13.2. The van der Waals surface area contributed by atoms with E-state index in [1.807, 2.05) is 26.5 Å². The monoisotopic (exact) mass is 239 g/mol. The zero-order valence-electron chi connectivity index (χ0n) is 10.6. The maximum atomic E-state index is 5.72. The fraction of sp³-hybridized carbons (Fsp3) is 0.750. The first kappa shape index (κ1) is 12.5. The Balaban J connectivity index is 1.84. The Bertz CT molecular complexity index is 334. The Hall–Kier alpha value is -0.910. The molecule has 1 aliphatic rings. The van der Waals surface area contributed by atoms with Crippen molar-refractivity contribution in [2.45, 2.75) is 25.0 Å². The predicted octanol–water partition coefficient (Wildman–Crippen LogP) is 0.356. The molecule has 0 aliphatic carbocycles. The molecule has 1 aromatic heterocycles. The second kappa shape index (κ2) is 6.14. The van der Waals surface area contributed by atoms with Gasteiger partial charge in [0.2, 0.25) is 0 Å². The Morgan fingerprint density at radius 3 is 3.06 bits per heavy atom. The standard InChI is InChI=1S/C12H21N3O2/c1-13-10(11-9-16-7-8-17-11)3-4-12-14-5-6-15(12)2/h5-6,10-11,13H,3-4,7-9H2,1-2H3. The number of nitrogens with zero attached hydrogens (tertiary/aromatic N) is 2. The van der Waals surface area contributed by atoms with Gasteiger partial charge in [0.1, 0.15) is 5.82 Å². The molecule has 0 amide bonds. The van der Waals surface area contributed by atoms with E-state index in [2.05, 4.69) is 14.9 Å². The van der Waals surface area contributed by atoms with Gasteiger partial charge in [0.25, 0.3) is 0 Å². The molecule has 1 saturated heterocycles. The minimum atomic E-state index is 0.161. The molecule has 0 saturated carbocycles. The van der Waals surface area contributed by atoms with Crippen LogP contribution in [-0.2, 0) is 22.9 Å². The van der Waals surface area contributed by atoms with Gasteiger partial charge in [-0.2, -0.15) is 0 Å². The van der Waals surface area contributed by atoms with Gasteiger partial charge in [0.15, 0.2) is 0 Å². The minimum absolute atomic E-state index is 0.161. The van der Waals surface area contributed by atoms with Crippen LogP contribution in [-0.4, -0.2) is 48.6 Å². The van der Waals surface area contributed by atoms with Crippen molar-refractivity contribution in [3.8, 4) is 0 Å². The lowest BCUT2D eigenvalue weighted by atomic mass is 10.1. The number of imidazole rings is 1. The maximum Gasteiger partial charge on any atom is 0.108 e. The highest BCUT2D eigenvalue weighted by atomic mass is 16.6. The number of ether oxygens (including phenoxy) is 2. The number of rotatable bonds is 5. The highest BCUT2D eigenvalue weighted by molar-refractivity contribution is 4.93. The first-order chi connectivity index (χ1) is 8.31. The minimum Gasteiger partial charge on any atom is -0.376 e. The quantitative estimate of drug-likeness (QED) is 0.806. The lowest BCUT2D eigenvalue weighted by molar-refractivity contribution is -0.101. The summed E-state index contributed by atoms with van der Waals surface area (Å²) in [7, 11) is 4.00. The second-order valence-electron chi connectivity index (χ2n) is 4.37. The Morgan fingerprint density at radius 2 is 2.47 bits per heavy atom. The number of hydrogen-bond acceptors (Lipinski definition) is 4. The molecule has 1 N–H and O–H groups in total. The summed E-state index contributed by atoms with van der Waals surface area (Å²) >= 11 is 0. The number of aromatic nitrogens is 2. The van der Waals surface area contributed by atoms with E-state index in [0.29, 0.717) is 25.9 Å². The third kappa shape index (κ3) is 3.28. The van der Waals surface area contributed by atoms with E-state index in [0.717, 1.165) is 18.7 Å². The molecule has 2 rings (SSSR count). The molecule has 1 fully saturated rings. The number of hydrogen-bond donors (Lipinski definition) is 1. The van der Waals surface area contributed by atoms with Gasteiger partial charge in [-0.1, -0.05) is 0 Å². The molecule has 0 aromatic carbocycles. The molecule has 2 atom stereocenters. The lowest BCUT2D eigenvalue weighted by Gasteiger charge is -2.30. The average molecular weight is 239 g/mol. The van der Waals surface area contributed by atoms with E-state index in [1.54, 1.807) is 0 Å². The van der Waals surface area contributed by atoms with Crippen LogP contribution >= 0.6 is 0 Å². The van der Waals surface area contributed by atoms with Crippen molar-refractivity contribution in [2.24, 2.45) is 7.05 Å². The molecular formula is C12H21N3O2. The number of nitrogens with one attached hydrogen (secondary N) is 1. The van der Waals surface area contributed by atoms with Crippen molar-refractivity contribution in [3.63, 3.8) is 0 Å². The second-order valence-corrected chi connectivity index (χ2v) is 4.37. The van der Waals surface area contributed by atoms with Gasteiger partial charge >= 0.3 is 0 Å². The topological polar surface area (TPSA) is 48.3 Å². The molecule has 0 spiro atoms. The summed E-state index contributed by atoms with van der Waals surface area (Å²) in [4.78, 5) is 4.33. The van der Waals surface area contributed by atoms with Crippen LogP contribution in [0.3, 0.4) is 0 Å². The number of likely N-dealkylation sites (N-methyl/N-ethyl adjacent to an activating group) is 1. The van der Waals surface area contributed by atoms with E-state index in [-0.39, 0.29) is 6.10 Å². The zero-order valence-corrected chi connectivity index (χ0v) is 10.6. The summed E-state index contributed by atoms with van der Waals surface area (Å²) in [5.41, 5.74) is 0. The van der Waals surface area contributed by atoms with Gasteiger partial charge in [-0.25, -0.2) is 4.98 Å². The molecule has 17 heavy (non-hydrogen) atoms. The summed E-state index contributed by atoms with van der Waals surface area (Å²) in [6.07, 6.45) is 5.94. The van der Waals surface area contributed by atoms with Crippen molar-refractivity contribution < 1.29 is 9.47 Å². The SMILES string of the molecule is CNC(CCc1nccn1C)C1COCCO1. The largest absolute Gasteiger partial charge is 0.376 e. The van der Waals surface area contributed by atoms with Crippen LogP contribution in [0, 0.1) is 0 Å². The molecule has 96 valence electrons. The number of aryl methyl sites for hydroxylation is 2. The summed E-state index contributed by atoms with van der Waals surface area (Å²) in [5.74, 6) is 1.11. The maximum absolute atomic E-state index is 5.72. The Labute approximate surface area is 102 Å². The highest BCUT2D eigenvalue weighted by Crippen LogP contribution is 2.11. The molecule has 5 nitrogen and oxygen atoms in total. The van der Waals surface area contributed by atoms with E-state index in [4.69, 9.17) is 9.47 Å². The smallest absolute Gasteiger partial charge is 0.108 e. The molecule has 1 aromatic rings. The van der Waals surface area contributed by atoms with Crippen LogP contribution in [0.4, 0.5) is 0 Å². The summed E-state index contributed by atoms with van der Waals surface area (Å²) in [5, 5.41) is 3.31. The Kier molecular flexibility index (Phi) is 4.53. The third-order valence-electron chi connectivity index (χ3n) is 3.26. The van der Waals surface area contributed by atoms with E-state index in [9.17, 15) is 0 Å². The molecular weight excluding hydrogens is 218 g/mol. The normalized spacial score (nSPS) is 22.6. The van der Waals surface area contributed by atoms with Crippen molar-refractivity contribution in [3.05, 3.63) is 18.2 Å².